The molecule has 0 radical (unpaired) electrons. The van der Waals surface area contributed by atoms with Crippen molar-refractivity contribution < 1.29 is 13.2 Å². The number of hydrogen-bond donors (Lipinski definition) is 1. The van der Waals surface area contributed by atoms with Crippen LogP contribution < -0.4 is 5.32 Å². The van der Waals surface area contributed by atoms with Gasteiger partial charge in [0.2, 0.25) is 0 Å². The maximum atomic E-state index is 12.3. The van der Waals surface area contributed by atoms with Crippen molar-refractivity contribution in [3.05, 3.63) is 0 Å². The van der Waals surface area contributed by atoms with Gasteiger partial charge in [-0.2, -0.15) is 13.2 Å². The Balaban J connectivity index is 2.42. The van der Waals surface area contributed by atoms with Gasteiger partial charge in [0.15, 0.2) is 0 Å². The summed E-state index contributed by atoms with van der Waals surface area (Å²) in [6.07, 6.45) is -1.02. The fourth-order valence-corrected chi connectivity index (χ4v) is 2.06. The molecule has 1 rings (SSSR count). The average molecular weight is 238 g/mol. The Hall–Kier alpha value is -0.290. The van der Waals surface area contributed by atoms with Crippen molar-refractivity contribution in [2.45, 2.75) is 38.4 Å². The third kappa shape index (κ3) is 5.16. The molecule has 1 N–H and O–H groups in total. The number of likely N-dealkylation sites (N-methyl/N-ethyl adjacent to an activating group) is 1. The fourth-order valence-electron chi connectivity index (χ4n) is 2.06. The van der Waals surface area contributed by atoms with Crippen LogP contribution in [0.2, 0.25) is 0 Å². The number of rotatable bonds is 7. The Morgan fingerprint density at radius 3 is 2.38 bits per heavy atom. The van der Waals surface area contributed by atoms with Crippen LogP contribution >= 0.6 is 0 Å². The maximum absolute atomic E-state index is 12.3. The maximum Gasteiger partial charge on any atom is 0.401 e. The lowest BCUT2D eigenvalue weighted by Gasteiger charge is -2.27. The van der Waals surface area contributed by atoms with Crippen molar-refractivity contribution >= 4 is 0 Å². The van der Waals surface area contributed by atoms with Crippen LogP contribution in [0.25, 0.3) is 0 Å². The molecule has 0 spiro atoms. The average Bonchev–Trinajstić information content (AvgIpc) is 2.95. The van der Waals surface area contributed by atoms with E-state index in [0.717, 1.165) is 19.3 Å². The second kappa shape index (κ2) is 5.87. The minimum Gasteiger partial charge on any atom is -0.315 e. The van der Waals surface area contributed by atoms with Crippen molar-refractivity contribution in [1.29, 1.82) is 0 Å². The van der Waals surface area contributed by atoms with Gasteiger partial charge in [0.05, 0.1) is 6.54 Å². The van der Waals surface area contributed by atoms with E-state index >= 15 is 0 Å². The Kier molecular flexibility index (Phi) is 5.05. The molecule has 96 valence electrons. The van der Waals surface area contributed by atoms with Gasteiger partial charge in [0, 0.05) is 12.6 Å². The molecule has 1 saturated carbocycles. The smallest absolute Gasteiger partial charge is 0.315 e. The van der Waals surface area contributed by atoms with Crippen LogP contribution in [-0.2, 0) is 0 Å². The van der Waals surface area contributed by atoms with Crippen molar-refractivity contribution in [2.75, 3.05) is 26.7 Å². The van der Waals surface area contributed by atoms with E-state index in [9.17, 15) is 13.2 Å². The first-order valence-corrected chi connectivity index (χ1v) is 5.92. The topological polar surface area (TPSA) is 15.3 Å². The van der Waals surface area contributed by atoms with Crippen LogP contribution in [-0.4, -0.2) is 43.8 Å². The van der Waals surface area contributed by atoms with Gasteiger partial charge in [0.1, 0.15) is 0 Å². The number of nitrogens with zero attached hydrogens (tertiary/aromatic N) is 1. The summed E-state index contributed by atoms with van der Waals surface area (Å²) in [7, 11) is 1.83. The summed E-state index contributed by atoms with van der Waals surface area (Å²) < 4.78 is 37.0. The molecule has 1 aliphatic carbocycles. The highest BCUT2D eigenvalue weighted by atomic mass is 19.4. The second-order valence-corrected chi connectivity index (χ2v) is 4.58. The van der Waals surface area contributed by atoms with Crippen LogP contribution in [0.1, 0.15) is 26.2 Å². The molecule has 0 saturated heterocycles. The summed E-state index contributed by atoms with van der Waals surface area (Å²) in [5, 5.41) is 3.13. The quantitative estimate of drug-likeness (QED) is 0.732. The van der Waals surface area contributed by atoms with Gasteiger partial charge < -0.3 is 5.32 Å². The highest BCUT2D eigenvalue weighted by Gasteiger charge is 2.35. The lowest BCUT2D eigenvalue weighted by molar-refractivity contribution is -0.146. The molecule has 0 aromatic carbocycles. The summed E-state index contributed by atoms with van der Waals surface area (Å²) in [6.45, 7) is 2.15. The minimum atomic E-state index is -4.09. The molecule has 0 aromatic rings. The van der Waals surface area contributed by atoms with Gasteiger partial charge in [-0.3, -0.25) is 4.90 Å². The van der Waals surface area contributed by atoms with E-state index in [-0.39, 0.29) is 6.04 Å². The molecule has 0 aromatic heterocycles. The summed E-state index contributed by atoms with van der Waals surface area (Å²) in [5.74, 6) is 0.581. The third-order valence-corrected chi connectivity index (χ3v) is 2.96. The summed E-state index contributed by atoms with van der Waals surface area (Å²) in [4.78, 5) is 1.51. The Bertz CT molecular complexity index is 202. The van der Waals surface area contributed by atoms with Gasteiger partial charge in [-0.1, -0.05) is 6.92 Å². The molecule has 2 nitrogen and oxygen atoms in total. The van der Waals surface area contributed by atoms with Gasteiger partial charge >= 0.3 is 6.18 Å². The molecule has 5 heteroatoms. The first-order valence-electron chi connectivity index (χ1n) is 5.92. The van der Waals surface area contributed by atoms with Crippen LogP contribution in [0, 0.1) is 5.92 Å². The predicted molar refractivity (Wildman–Crippen MR) is 58.4 cm³/mol. The molecule has 0 bridgehead atoms. The van der Waals surface area contributed by atoms with Crippen LogP contribution in [0.4, 0.5) is 13.2 Å². The van der Waals surface area contributed by atoms with E-state index in [0.29, 0.717) is 19.0 Å². The zero-order valence-corrected chi connectivity index (χ0v) is 9.98. The SMILES string of the molecule is CCCN(CC(NC)C1CC1)CC(F)(F)F. The van der Waals surface area contributed by atoms with Crippen LogP contribution in [0.15, 0.2) is 0 Å². The van der Waals surface area contributed by atoms with E-state index in [1.807, 2.05) is 14.0 Å². The van der Waals surface area contributed by atoms with Gasteiger partial charge in [-0.15, -0.1) is 0 Å². The lowest BCUT2D eigenvalue weighted by Crippen LogP contribution is -2.44. The fraction of sp³-hybridized carbons (Fsp3) is 1.00. The van der Waals surface area contributed by atoms with Crippen molar-refractivity contribution in [3.8, 4) is 0 Å². The molecule has 1 unspecified atom stereocenters. The molecular formula is C11H21F3N2. The molecule has 1 fully saturated rings. The van der Waals surface area contributed by atoms with Crippen molar-refractivity contribution in [2.24, 2.45) is 5.92 Å². The van der Waals surface area contributed by atoms with Crippen molar-refractivity contribution in [3.63, 3.8) is 0 Å². The molecule has 1 atom stereocenters. The monoisotopic (exact) mass is 238 g/mol. The Morgan fingerprint density at radius 2 is 2.00 bits per heavy atom. The van der Waals surface area contributed by atoms with E-state index in [1.54, 1.807) is 0 Å². The number of alkyl halides is 3. The van der Waals surface area contributed by atoms with Gasteiger partial charge in [-0.25, -0.2) is 0 Å². The van der Waals surface area contributed by atoms with Gasteiger partial charge in [0.25, 0.3) is 0 Å². The molecule has 16 heavy (non-hydrogen) atoms. The Morgan fingerprint density at radius 1 is 1.38 bits per heavy atom. The Labute approximate surface area is 95.2 Å². The number of nitrogens with one attached hydrogen (secondary N) is 1. The number of hydrogen-bond acceptors (Lipinski definition) is 2. The lowest BCUT2D eigenvalue weighted by atomic mass is 10.1. The van der Waals surface area contributed by atoms with E-state index < -0.39 is 12.7 Å². The molecule has 0 aliphatic heterocycles. The first-order chi connectivity index (χ1) is 7.46. The summed E-state index contributed by atoms with van der Waals surface area (Å²) in [6, 6.07) is 0.217. The van der Waals surface area contributed by atoms with Gasteiger partial charge in [-0.05, 0) is 38.8 Å². The number of halogens is 3. The zero-order valence-electron chi connectivity index (χ0n) is 9.98. The largest absolute Gasteiger partial charge is 0.401 e. The predicted octanol–water partition coefficient (Wildman–Crippen LogP) is 2.26. The second-order valence-electron chi connectivity index (χ2n) is 4.58. The highest BCUT2D eigenvalue weighted by molar-refractivity contribution is 4.88. The molecule has 0 amide bonds. The molecular weight excluding hydrogens is 217 g/mol. The molecule has 0 heterocycles. The highest BCUT2D eigenvalue weighted by Crippen LogP contribution is 2.33. The summed E-state index contributed by atoms with van der Waals surface area (Å²) in [5.41, 5.74) is 0. The van der Waals surface area contributed by atoms with Crippen LogP contribution in [0.3, 0.4) is 0 Å². The molecule has 1 aliphatic rings. The standard InChI is InChI=1S/C11H21F3N2/c1-3-6-16(8-11(12,13)14)7-10(15-2)9-4-5-9/h9-10,15H,3-8H2,1-2H3. The van der Waals surface area contributed by atoms with E-state index in [4.69, 9.17) is 0 Å². The van der Waals surface area contributed by atoms with E-state index in [2.05, 4.69) is 5.32 Å². The summed E-state index contributed by atoms with van der Waals surface area (Å²) >= 11 is 0. The normalized spacial score (nSPS) is 19.1. The third-order valence-electron chi connectivity index (χ3n) is 2.96. The van der Waals surface area contributed by atoms with Crippen LogP contribution in [0.5, 0.6) is 0 Å². The first kappa shape index (κ1) is 13.8. The zero-order chi connectivity index (χ0) is 12.2. The van der Waals surface area contributed by atoms with E-state index in [1.165, 1.54) is 4.90 Å². The van der Waals surface area contributed by atoms with Crippen molar-refractivity contribution in [1.82, 2.24) is 10.2 Å². The minimum absolute atomic E-state index is 0.217.